The van der Waals surface area contributed by atoms with Crippen LogP contribution in [0.3, 0.4) is 0 Å². The first-order valence-corrected chi connectivity index (χ1v) is 4.89. The van der Waals surface area contributed by atoms with E-state index in [0.29, 0.717) is 11.5 Å². The molecule has 17 heavy (non-hydrogen) atoms. The summed E-state index contributed by atoms with van der Waals surface area (Å²) in [5.74, 6) is 1.20. The number of nitrogens with one attached hydrogen (secondary N) is 1. The predicted octanol–water partition coefficient (Wildman–Crippen LogP) is 2.29. The summed E-state index contributed by atoms with van der Waals surface area (Å²) in [6.45, 7) is 0.526. The number of rotatable bonds is 3. The third kappa shape index (κ3) is 4.80. The lowest BCUT2D eigenvalue weighted by Crippen LogP contribution is -2.41. The van der Waals surface area contributed by atoms with E-state index in [1.807, 2.05) is 0 Å². The number of furan rings is 1. The van der Waals surface area contributed by atoms with Crippen molar-refractivity contribution in [3.63, 3.8) is 0 Å². The van der Waals surface area contributed by atoms with Gasteiger partial charge in [0.05, 0.1) is 6.54 Å². The van der Waals surface area contributed by atoms with Crippen molar-refractivity contribution >= 4 is 6.03 Å². The highest BCUT2D eigenvalue weighted by molar-refractivity contribution is 5.73. The van der Waals surface area contributed by atoms with Gasteiger partial charge in [-0.05, 0) is 19.1 Å². The second-order valence-electron chi connectivity index (χ2n) is 3.64. The highest BCUT2D eigenvalue weighted by Gasteiger charge is 2.28. The number of nitrogens with zero attached hydrogens (tertiary/aromatic N) is 1. The van der Waals surface area contributed by atoms with Crippen LogP contribution < -0.4 is 5.32 Å². The lowest BCUT2D eigenvalue weighted by molar-refractivity contribution is -0.123. The zero-order valence-electron chi connectivity index (χ0n) is 9.47. The number of aryl methyl sites for hydroxylation is 1. The zero-order valence-corrected chi connectivity index (χ0v) is 9.47. The molecule has 0 fully saturated rings. The molecule has 96 valence electrons. The van der Waals surface area contributed by atoms with E-state index < -0.39 is 18.8 Å². The minimum Gasteiger partial charge on any atom is -0.464 e. The van der Waals surface area contributed by atoms with Crippen molar-refractivity contribution in [3.8, 4) is 0 Å². The molecule has 2 amide bonds. The quantitative estimate of drug-likeness (QED) is 0.894. The summed E-state index contributed by atoms with van der Waals surface area (Å²) >= 11 is 0. The maximum absolute atomic E-state index is 11.9. The molecule has 0 radical (unpaired) electrons. The molecule has 0 aromatic carbocycles. The second kappa shape index (κ2) is 5.11. The Labute approximate surface area is 96.4 Å². The van der Waals surface area contributed by atoms with Crippen LogP contribution in [0.4, 0.5) is 18.0 Å². The molecule has 1 N–H and O–H groups in total. The van der Waals surface area contributed by atoms with E-state index in [1.165, 1.54) is 7.05 Å². The minimum absolute atomic E-state index is 0.123. The van der Waals surface area contributed by atoms with Gasteiger partial charge in [-0.15, -0.1) is 0 Å². The molecule has 0 aliphatic rings. The van der Waals surface area contributed by atoms with Crippen LogP contribution in [0.25, 0.3) is 0 Å². The summed E-state index contributed by atoms with van der Waals surface area (Å²) in [6, 6.07) is 2.59. The summed E-state index contributed by atoms with van der Waals surface area (Å²) in [4.78, 5) is 12.4. The standard InChI is InChI=1S/C10H13F3N2O2/c1-7-3-4-8(17-7)5-15(2)9(16)14-6-10(11,12)13/h3-4H,5-6H2,1-2H3,(H,14,16). The van der Waals surface area contributed by atoms with Crippen LogP contribution in [0.15, 0.2) is 16.5 Å². The van der Waals surface area contributed by atoms with E-state index in [2.05, 4.69) is 0 Å². The lowest BCUT2D eigenvalue weighted by Gasteiger charge is -2.17. The maximum Gasteiger partial charge on any atom is 0.405 e. The fourth-order valence-corrected chi connectivity index (χ4v) is 1.19. The highest BCUT2D eigenvalue weighted by Crippen LogP contribution is 2.13. The number of hydrogen-bond acceptors (Lipinski definition) is 2. The van der Waals surface area contributed by atoms with Gasteiger partial charge in [-0.1, -0.05) is 0 Å². The molecule has 0 spiro atoms. The molecule has 1 aromatic rings. The summed E-state index contributed by atoms with van der Waals surface area (Å²) in [6.07, 6.45) is -4.40. The van der Waals surface area contributed by atoms with Crippen molar-refractivity contribution in [1.29, 1.82) is 0 Å². The molecule has 0 atom stereocenters. The van der Waals surface area contributed by atoms with Gasteiger partial charge >= 0.3 is 12.2 Å². The van der Waals surface area contributed by atoms with Crippen molar-refractivity contribution in [2.24, 2.45) is 0 Å². The first-order chi connectivity index (χ1) is 7.78. The van der Waals surface area contributed by atoms with Crippen LogP contribution in [-0.2, 0) is 6.54 Å². The Hall–Kier alpha value is -1.66. The Morgan fingerprint density at radius 3 is 2.59 bits per heavy atom. The summed E-state index contributed by atoms with van der Waals surface area (Å²) in [7, 11) is 1.39. The van der Waals surface area contributed by atoms with Gasteiger partial charge in [0.25, 0.3) is 0 Å². The van der Waals surface area contributed by atoms with Crippen molar-refractivity contribution in [2.45, 2.75) is 19.6 Å². The molecule has 0 saturated heterocycles. The largest absolute Gasteiger partial charge is 0.464 e. The monoisotopic (exact) mass is 250 g/mol. The van der Waals surface area contributed by atoms with Crippen molar-refractivity contribution in [1.82, 2.24) is 10.2 Å². The van der Waals surface area contributed by atoms with E-state index in [-0.39, 0.29) is 6.54 Å². The van der Waals surface area contributed by atoms with Crippen LogP contribution in [-0.4, -0.2) is 30.7 Å². The van der Waals surface area contributed by atoms with Crippen LogP contribution in [0, 0.1) is 6.92 Å². The van der Waals surface area contributed by atoms with Crippen LogP contribution in [0.2, 0.25) is 0 Å². The Balaban J connectivity index is 2.42. The maximum atomic E-state index is 11.9. The average molecular weight is 250 g/mol. The fourth-order valence-electron chi connectivity index (χ4n) is 1.19. The van der Waals surface area contributed by atoms with Gasteiger partial charge in [0.1, 0.15) is 18.1 Å². The molecule has 0 aliphatic carbocycles. The van der Waals surface area contributed by atoms with Crippen molar-refractivity contribution < 1.29 is 22.4 Å². The summed E-state index contributed by atoms with van der Waals surface area (Å²) < 4.78 is 40.8. The van der Waals surface area contributed by atoms with Crippen LogP contribution in [0.5, 0.6) is 0 Å². The molecule has 0 unspecified atom stereocenters. The third-order valence-corrected chi connectivity index (χ3v) is 1.98. The van der Waals surface area contributed by atoms with Gasteiger partial charge in [0.15, 0.2) is 0 Å². The molecular formula is C10H13F3N2O2. The first-order valence-electron chi connectivity index (χ1n) is 4.89. The van der Waals surface area contributed by atoms with E-state index >= 15 is 0 Å². The molecule has 1 rings (SSSR count). The minimum atomic E-state index is -4.40. The predicted molar refractivity (Wildman–Crippen MR) is 54.4 cm³/mol. The molecule has 0 saturated carbocycles. The van der Waals surface area contributed by atoms with E-state index in [4.69, 9.17) is 4.42 Å². The van der Waals surface area contributed by atoms with Crippen molar-refractivity contribution in [3.05, 3.63) is 23.7 Å². The van der Waals surface area contributed by atoms with Gasteiger partial charge in [-0.3, -0.25) is 0 Å². The number of carbonyl (C=O) groups excluding carboxylic acids is 1. The van der Waals surface area contributed by atoms with Gasteiger partial charge in [-0.25, -0.2) is 4.79 Å². The van der Waals surface area contributed by atoms with E-state index in [1.54, 1.807) is 24.4 Å². The molecule has 0 aliphatic heterocycles. The third-order valence-electron chi connectivity index (χ3n) is 1.98. The zero-order chi connectivity index (χ0) is 13.1. The van der Waals surface area contributed by atoms with Gasteiger partial charge in [0, 0.05) is 7.05 Å². The van der Waals surface area contributed by atoms with E-state index in [0.717, 1.165) is 4.90 Å². The van der Waals surface area contributed by atoms with Gasteiger partial charge in [-0.2, -0.15) is 13.2 Å². The topological polar surface area (TPSA) is 45.5 Å². The van der Waals surface area contributed by atoms with Gasteiger partial charge < -0.3 is 14.6 Å². The number of carbonyl (C=O) groups is 1. The van der Waals surface area contributed by atoms with E-state index in [9.17, 15) is 18.0 Å². The molecule has 0 bridgehead atoms. The molecule has 1 heterocycles. The smallest absolute Gasteiger partial charge is 0.405 e. The number of hydrogen-bond donors (Lipinski definition) is 1. The molecular weight excluding hydrogens is 237 g/mol. The molecule has 4 nitrogen and oxygen atoms in total. The van der Waals surface area contributed by atoms with Crippen molar-refractivity contribution in [2.75, 3.05) is 13.6 Å². The fraction of sp³-hybridized carbons (Fsp3) is 0.500. The molecule has 7 heteroatoms. The average Bonchev–Trinajstić information content (AvgIpc) is 2.59. The van der Waals surface area contributed by atoms with Crippen LogP contribution in [0.1, 0.15) is 11.5 Å². The van der Waals surface area contributed by atoms with Crippen LogP contribution >= 0.6 is 0 Å². The Bertz CT molecular complexity index is 387. The number of amides is 2. The Kier molecular flexibility index (Phi) is 4.03. The Morgan fingerprint density at radius 2 is 2.12 bits per heavy atom. The number of urea groups is 1. The Morgan fingerprint density at radius 1 is 1.47 bits per heavy atom. The number of halogens is 3. The second-order valence-corrected chi connectivity index (χ2v) is 3.64. The SMILES string of the molecule is Cc1ccc(CN(C)C(=O)NCC(F)(F)F)o1. The lowest BCUT2D eigenvalue weighted by atomic mass is 10.4. The number of alkyl halides is 3. The summed E-state index contributed by atoms with van der Waals surface area (Å²) in [5, 5.41) is 1.77. The first kappa shape index (κ1) is 13.4. The normalized spacial score (nSPS) is 11.4. The molecule has 1 aromatic heterocycles. The highest BCUT2D eigenvalue weighted by atomic mass is 19.4. The van der Waals surface area contributed by atoms with Gasteiger partial charge in [0.2, 0.25) is 0 Å². The summed E-state index contributed by atoms with van der Waals surface area (Å²) in [5.41, 5.74) is 0.